The third-order valence-electron chi connectivity index (χ3n) is 2.25. The van der Waals surface area contributed by atoms with Crippen LogP contribution in [-0.2, 0) is 0 Å². The first-order valence-electron chi connectivity index (χ1n) is 5.30. The summed E-state index contributed by atoms with van der Waals surface area (Å²) in [6.45, 7) is 2.46. The van der Waals surface area contributed by atoms with Gasteiger partial charge in [0.05, 0.1) is 10.6 Å². The lowest BCUT2D eigenvalue weighted by molar-refractivity contribution is 0.0953. The second-order valence-corrected chi connectivity index (χ2v) is 5.70. The van der Waals surface area contributed by atoms with Crippen LogP contribution in [0.25, 0.3) is 0 Å². The molecule has 1 aromatic carbocycles. The van der Waals surface area contributed by atoms with Crippen molar-refractivity contribution in [2.75, 3.05) is 12.8 Å². The van der Waals surface area contributed by atoms with Crippen molar-refractivity contribution in [1.29, 1.82) is 0 Å². The van der Waals surface area contributed by atoms with Crippen LogP contribution < -0.4 is 5.32 Å². The molecule has 0 radical (unpaired) electrons. The molecule has 1 unspecified atom stereocenters. The fraction of sp³-hybridized carbons (Fsp3) is 0.417. The molecule has 1 aromatic rings. The van der Waals surface area contributed by atoms with Gasteiger partial charge in [0.2, 0.25) is 0 Å². The smallest absolute Gasteiger partial charge is 0.252 e. The molecule has 1 atom stereocenters. The molecule has 5 heteroatoms. The summed E-state index contributed by atoms with van der Waals surface area (Å²) in [5, 5.41) is 3.34. The Morgan fingerprint density at radius 3 is 2.82 bits per heavy atom. The first kappa shape index (κ1) is 14.7. The number of carbonyl (C=O) groups excluding carboxylic acids is 1. The Morgan fingerprint density at radius 1 is 1.53 bits per heavy atom. The average molecular weight is 292 g/mol. The summed E-state index contributed by atoms with van der Waals surface area (Å²) >= 11 is 13.4. The number of nitrogens with one attached hydrogen (secondary N) is 1. The highest BCUT2D eigenvalue weighted by Crippen LogP contribution is 2.22. The molecule has 0 aliphatic carbocycles. The first-order valence-corrected chi connectivity index (χ1v) is 7.34. The van der Waals surface area contributed by atoms with Crippen LogP contribution in [0.4, 0.5) is 0 Å². The zero-order chi connectivity index (χ0) is 12.8. The van der Waals surface area contributed by atoms with Crippen LogP contribution in [-0.4, -0.2) is 24.1 Å². The van der Waals surface area contributed by atoms with Crippen molar-refractivity contribution < 1.29 is 4.79 Å². The third-order valence-corrected chi connectivity index (χ3v) is 3.52. The quantitative estimate of drug-likeness (QED) is 0.660. The Labute approximate surface area is 116 Å². The third kappa shape index (κ3) is 4.78. The molecule has 0 aromatic heterocycles. The van der Waals surface area contributed by atoms with Gasteiger partial charge < -0.3 is 5.32 Å². The molecule has 94 valence electrons. The lowest BCUT2D eigenvalue weighted by Crippen LogP contribution is -2.26. The van der Waals surface area contributed by atoms with E-state index >= 15 is 0 Å². The Bertz CT molecular complexity index is 396. The van der Waals surface area contributed by atoms with Crippen LogP contribution in [0.15, 0.2) is 23.1 Å². The molecule has 0 fully saturated rings. The highest BCUT2D eigenvalue weighted by Gasteiger charge is 2.10. The van der Waals surface area contributed by atoms with Crippen molar-refractivity contribution in [1.82, 2.24) is 5.32 Å². The van der Waals surface area contributed by atoms with Crippen molar-refractivity contribution in [3.05, 3.63) is 28.8 Å². The zero-order valence-corrected chi connectivity index (χ0v) is 12.1. The van der Waals surface area contributed by atoms with Gasteiger partial charge in [-0.2, -0.15) is 0 Å². The number of halogens is 2. The summed E-state index contributed by atoms with van der Waals surface area (Å²) in [6.07, 6.45) is 2.70. The molecule has 0 aliphatic heterocycles. The van der Waals surface area contributed by atoms with E-state index in [0.29, 0.717) is 17.1 Å². The van der Waals surface area contributed by atoms with Gasteiger partial charge in [-0.3, -0.25) is 4.79 Å². The number of hydrogen-bond donors (Lipinski definition) is 1. The molecule has 0 saturated carbocycles. The van der Waals surface area contributed by atoms with Crippen LogP contribution >= 0.6 is 35.0 Å². The second-order valence-electron chi connectivity index (χ2n) is 3.67. The van der Waals surface area contributed by atoms with Gasteiger partial charge in [-0.05, 0) is 37.8 Å². The monoisotopic (exact) mass is 291 g/mol. The maximum atomic E-state index is 11.9. The van der Waals surface area contributed by atoms with Crippen molar-refractivity contribution in [2.24, 2.45) is 0 Å². The minimum absolute atomic E-state index is 0.0586. The average Bonchev–Trinajstić information content (AvgIpc) is 2.29. The number of benzene rings is 1. The van der Waals surface area contributed by atoms with Gasteiger partial charge >= 0.3 is 0 Å². The van der Waals surface area contributed by atoms with Crippen LogP contribution in [0.2, 0.25) is 5.02 Å². The summed E-state index contributed by atoms with van der Waals surface area (Å²) in [5.74, 6) is -0.150. The van der Waals surface area contributed by atoms with E-state index in [1.54, 1.807) is 23.9 Å². The number of rotatable bonds is 5. The van der Waals surface area contributed by atoms with E-state index in [2.05, 4.69) is 5.32 Å². The SMILES string of the molecule is CSc1ccc(Cl)c(C(=O)NCCC(C)Cl)c1. The lowest BCUT2D eigenvalue weighted by atomic mass is 10.2. The minimum atomic E-state index is -0.150. The Kier molecular flexibility index (Phi) is 6.17. The Hall–Kier alpha value is -0.380. The van der Waals surface area contributed by atoms with Gasteiger partial charge in [0.25, 0.3) is 5.91 Å². The van der Waals surface area contributed by atoms with Crippen molar-refractivity contribution in [3.8, 4) is 0 Å². The van der Waals surface area contributed by atoms with Crippen LogP contribution in [0.5, 0.6) is 0 Å². The maximum Gasteiger partial charge on any atom is 0.252 e. The molecular weight excluding hydrogens is 277 g/mol. The number of carbonyl (C=O) groups is 1. The van der Waals surface area contributed by atoms with Gasteiger partial charge in [-0.25, -0.2) is 0 Å². The predicted molar refractivity (Wildman–Crippen MR) is 75.5 cm³/mol. The zero-order valence-electron chi connectivity index (χ0n) is 9.80. The van der Waals surface area contributed by atoms with Crippen LogP contribution in [0.1, 0.15) is 23.7 Å². The molecule has 1 amide bonds. The van der Waals surface area contributed by atoms with E-state index in [1.165, 1.54) is 0 Å². The molecule has 1 rings (SSSR count). The van der Waals surface area contributed by atoms with Crippen molar-refractivity contribution >= 4 is 40.9 Å². The number of hydrogen-bond acceptors (Lipinski definition) is 2. The number of alkyl halides is 1. The largest absolute Gasteiger partial charge is 0.352 e. The molecule has 0 heterocycles. The summed E-state index contributed by atoms with van der Waals surface area (Å²) in [6, 6.07) is 5.43. The topological polar surface area (TPSA) is 29.1 Å². The van der Waals surface area contributed by atoms with E-state index < -0.39 is 0 Å². The van der Waals surface area contributed by atoms with E-state index in [4.69, 9.17) is 23.2 Å². The Balaban J connectivity index is 2.67. The van der Waals surface area contributed by atoms with Crippen molar-refractivity contribution in [2.45, 2.75) is 23.6 Å². The second kappa shape index (κ2) is 7.14. The fourth-order valence-corrected chi connectivity index (χ4v) is 2.04. The Morgan fingerprint density at radius 2 is 2.24 bits per heavy atom. The summed E-state index contributed by atoms with van der Waals surface area (Å²) in [7, 11) is 0. The highest BCUT2D eigenvalue weighted by atomic mass is 35.5. The predicted octanol–water partition coefficient (Wildman–Crippen LogP) is 3.81. The number of amides is 1. The first-order chi connectivity index (χ1) is 8.04. The maximum absolute atomic E-state index is 11.9. The van der Waals surface area contributed by atoms with Gasteiger partial charge in [0, 0.05) is 16.8 Å². The van der Waals surface area contributed by atoms with Gasteiger partial charge in [-0.15, -0.1) is 23.4 Å². The molecule has 0 spiro atoms. The van der Waals surface area contributed by atoms with Gasteiger partial charge in [0.15, 0.2) is 0 Å². The van der Waals surface area contributed by atoms with E-state index in [-0.39, 0.29) is 11.3 Å². The van der Waals surface area contributed by atoms with Crippen LogP contribution in [0.3, 0.4) is 0 Å². The molecule has 0 saturated heterocycles. The summed E-state index contributed by atoms with van der Waals surface area (Å²) < 4.78 is 0. The molecular formula is C12H15Cl2NOS. The van der Waals surface area contributed by atoms with Crippen molar-refractivity contribution in [3.63, 3.8) is 0 Å². The molecule has 0 bridgehead atoms. The summed E-state index contributed by atoms with van der Waals surface area (Å²) in [5.41, 5.74) is 0.515. The van der Waals surface area contributed by atoms with E-state index in [9.17, 15) is 4.79 Å². The van der Waals surface area contributed by atoms with Gasteiger partial charge in [0.1, 0.15) is 0 Å². The molecule has 17 heavy (non-hydrogen) atoms. The summed E-state index contributed by atoms with van der Waals surface area (Å²) in [4.78, 5) is 12.9. The lowest BCUT2D eigenvalue weighted by Gasteiger charge is -2.08. The van der Waals surface area contributed by atoms with Gasteiger partial charge in [-0.1, -0.05) is 11.6 Å². The fourth-order valence-electron chi connectivity index (χ4n) is 1.29. The van der Waals surface area contributed by atoms with Crippen LogP contribution in [0, 0.1) is 0 Å². The molecule has 1 N–H and O–H groups in total. The number of thioether (sulfide) groups is 1. The minimum Gasteiger partial charge on any atom is -0.352 e. The standard InChI is InChI=1S/C12H15Cl2NOS/c1-8(13)5-6-15-12(16)10-7-9(17-2)3-4-11(10)14/h3-4,7-8H,5-6H2,1-2H3,(H,15,16). The molecule has 2 nitrogen and oxygen atoms in total. The highest BCUT2D eigenvalue weighted by molar-refractivity contribution is 7.98. The normalized spacial score (nSPS) is 12.2. The molecule has 0 aliphatic rings. The van der Waals surface area contributed by atoms with E-state index in [0.717, 1.165) is 11.3 Å². The van der Waals surface area contributed by atoms with E-state index in [1.807, 2.05) is 19.2 Å².